The Morgan fingerprint density at radius 1 is 0.902 bits per heavy atom. The van der Waals surface area contributed by atoms with E-state index in [1.165, 1.54) is 37.9 Å². The third-order valence-corrected chi connectivity index (χ3v) is 8.09. The molecule has 3 heterocycles. The summed E-state index contributed by atoms with van der Waals surface area (Å²) in [5.74, 6) is 0.365. The molecule has 0 spiro atoms. The molecule has 212 valence electrons. The summed E-state index contributed by atoms with van der Waals surface area (Å²) >= 11 is 1.70. The van der Waals surface area contributed by atoms with Crippen LogP contribution in [0.5, 0.6) is 11.5 Å². The SMILES string of the molecule is C(=Nc1cc2c(cc1CCN1CCCCC1)OCO2)c1cccs1.O=C(O)C(O)(c1ccccc1)c1ccccc1. The molecule has 3 aromatic carbocycles. The fourth-order valence-corrected chi connectivity index (χ4v) is 5.61. The third kappa shape index (κ3) is 7.03. The number of benzene rings is 3. The van der Waals surface area contributed by atoms with Crippen LogP contribution in [0.15, 0.2) is 95.3 Å². The Morgan fingerprint density at radius 2 is 1.54 bits per heavy atom. The lowest BCUT2D eigenvalue weighted by molar-refractivity contribution is -0.155. The number of carboxylic acid groups (broad SMARTS) is 1. The molecule has 0 saturated carbocycles. The summed E-state index contributed by atoms with van der Waals surface area (Å²) in [5.41, 5.74) is 0.919. The van der Waals surface area contributed by atoms with Crippen LogP contribution in [0.2, 0.25) is 0 Å². The number of thiophene rings is 1. The number of likely N-dealkylation sites (tertiary alicyclic amines) is 1. The van der Waals surface area contributed by atoms with Gasteiger partial charge in [0, 0.05) is 23.7 Å². The van der Waals surface area contributed by atoms with Crippen LogP contribution in [-0.2, 0) is 16.8 Å². The molecule has 8 heteroatoms. The first-order valence-corrected chi connectivity index (χ1v) is 14.7. The minimum absolute atomic E-state index is 0.305. The van der Waals surface area contributed by atoms with Crippen molar-refractivity contribution >= 4 is 29.2 Å². The first-order chi connectivity index (χ1) is 20.0. The third-order valence-electron chi connectivity index (χ3n) is 7.29. The highest BCUT2D eigenvalue weighted by atomic mass is 32.1. The van der Waals surface area contributed by atoms with Crippen molar-refractivity contribution in [3.8, 4) is 11.5 Å². The zero-order valence-electron chi connectivity index (χ0n) is 22.8. The van der Waals surface area contributed by atoms with Crippen LogP contribution in [0.4, 0.5) is 5.69 Å². The van der Waals surface area contributed by atoms with Crippen molar-refractivity contribution in [3.63, 3.8) is 0 Å². The number of aliphatic carboxylic acids is 1. The van der Waals surface area contributed by atoms with Crippen LogP contribution in [0.1, 0.15) is 40.8 Å². The van der Waals surface area contributed by atoms with Gasteiger partial charge in [-0.25, -0.2) is 4.79 Å². The Balaban J connectivity index is 0.000000175. The van der Waals surface area contributed by atoms with E-state index >= 15 is 0 Å². The largest absolute Gasteiger partial charge is 0.479 e. The van der Waals surface area contributed by atoms with Crippen LogP contribution in [-0.4, -0.2) is 53.7 Å². The molecule has 2 aliphatic rings. The molecule has 1 saturated heterocycles. The Hall–Kier alpha value is -3.98. The summed E-state index contributed by atoms with van der Waals surface area (Å²) in [5, 5.41) is 21.8. The molecule has 0 unspecified atom stereocenters. The topological polar surface area (TPSA) is 91.6 Å². The molecule has 1 aromatic heterocycles. The van der Waals surface area contributed by atoms with Gasteiger partial charge < -0.3 is 24.6 Å². The minimum Gasteiger partial charge on any atom is -0.479 e. The molecule has 0 atom stereocenters. The Labute approximate surface area is 244 Å². The van der Waals surface area contributed by atoms with Crippen molar-refractivity contribution in [1.82, 2.24) is 4.90 Å². The first-order valence-electron chi connectivity index (χ1n) is 13.8. The van der Waals surface area contributed by atoms with E-state index in [0.29, 0.717) is 17.9 Å². The molecule has 41 heavy (non-hydrogen) atoms. The number of carboxylic acids is 1. The van der Waals surface area contributed by atoms with Crippen molar-refractivity contribution in [2.75, 3.05) is 26.4 Å². The van der Waals surface area contributed by atoms with Crippen LogP contribution in [0.3, 0.4) is 0 Å². The monoisotopic (exact) mass is 570 g/mol. The number of carbonyl (C=O) groups is 1. The quantitative estimate of drug-likeness (QED) is 0.243. The predicted octanol–water partition coefficient (Wildman–Crippen LogP) is 6.26. The lowest BCUT2D eigenvalue weighted by atomic mass is 9.86. The molecule has 7 nitrogen and oxygen atoms in total. The number of hydrogen-bond acceptors (Lipinski definition) is 7. The van der Waals surface area contributed by atoms with Crippen LogP contribution in [0.25, 0.3) is 0 Å². The number of rotatable bonds is 8. The van der Waals surface area contributed by atoms with Crippen LogP contribution >= 0.6 is 11.3 Å². The van der Waals surface area contributed by atoms with E-state index in [4.69, 9.17) is 14.5 Å². The van der Waals surface area contributed by atoms with Crippen molar-refractivity contribution in [3.05, 3.63) is 112 Å². The maximum absolute atomic E-state index is 11.4. The molecule has 1 fully saturated rings. The second-order valence-electron chi connectivity index (χ2n) is 10.0. The summed E-state index contributed by atoms with van der Waals surface area (Å²) in [6, 6.07) is 25.0. The number of ether oxygens (including phenoxy) is 2. The zero-order chi connectivity index (χ0) is 28.5. The van der Waals surface area contributed by atoms with Crippen LogP contribution in [0, 0.1) is 0 Å². The molecular weight excluding hydrogens is 536 g/mol. The average Bonchev–Trinajstić information content (AvgIpc) is 3.72. The smallest absolute Gasteiger partial charge is 0.345 e. The maximum Gasteiger partial charge on any atom is 0.345 e. The molecule has 0 bridgehead atoms. The highest BCUT2D eigenvalue weighted by Gasteiger charge is 2.39. The summed E-state index contributed by atoms with van der Waals surface area (Å²) in [6.07, 6.45) is 6.95. The molecule has 6 rings (SSSR count). The first kappa shape index (κ1) is 28.5. The average molecular weight is 571 g/mol. The van der Waals surface area contributed by atoms with Gasteiger partial charge in [-0.2, -0.15) is 0 Å². The van der Waals surface area contributed by atoms with Gasteiger partial charge in [0.1, 0.15) is 0 Å². The van der Waals surface area contributed by atoms with E-state index in [9.17, 15) is 15.0 Å². The van der Waals surface area contributed by atoms with Gasteiger partial charge in [-0.05, 0) is 66.6 Å². The fraction of sp³-hybridized carbons (Fsp3) is 0.273. The van der Waals surface area contributed by atoms with Crippen molar-refractivity contribution in [1.29, 1.82) is 0 Å². The van der Waals surface area contributed by atoms with Crippen LogP contribution < -0.4 is 9.47 Å². The summed E-state index contributed by atoms with van der Waals surface area (Å²) in [4.78, 5) is 19.8. The minimum atomic E-state index is -2.00. The molecule has 2 aliphatic heterocycles. The van der Waals surface area contributed by atoms with Gasteiger partial charge in [-0.1, -0.05) is 73.2 Å². The highest BCUT2D eigenvalue weighted by molar-refractivity contribution is 7.11. The fourth-order valence-electron chi connectivity index (χ4n) is 5.03. The summed E-state index contributed by atoms with van der Waals surface area (Å²) in [7, 11) is 0. The maximum atomic E-state index is 11.4. The lowest BCUT2D eigenvalue weighted by Gasteiger charge is -2.26. The van der Waals surface area contributed by atoms with Gasteiger partial charge in [0.15, 0.2) is 11.5 Å². The van der Waals surface area contributed by atoms with Gasteiger partial charge >= 0.3 is 5.97 Å². The number of aliphatic imine (C=N–C) groups is 1. The van der Waals surface area contributed by atoms with Gasteiger partial charge in [0.2, 0.25) is 12.4 Å². The number of hydrogen-bond donors (Lipinski definition) is 2. The van der Waals surface area contributed by atoms with E-state index < -0.39 is 11.6 Å². The van der Waals surface area contributed by atoms with Gasteiger partial charge in [-0.15, -0.1) is 11.3 Å². The molecule has 0 aliphatic carbocycles. The lowest BCUT2D eigenvalue weighted by Crippen LogP contribution is -2.36. The van der Waals surface area contributed by atoms with E-state index in [1.54, 1.807) is 72.0 Å². The van der Waals surface area contributed by atoms with Gasteiger partial charge in [0.25, 0.3) is 0 Å². The second-order valence-corrected chi connectivity index (χ2v) is 11.0. The molecule has 2 N–H and O–H groups in total. The summed E-state index contributed by atoms with van der Waals surface area (Å²) in [6.45, 7) is 3.83. The zero-order valence-corrected chi connectivity index (χ0v) is 23.6. The number of fused-ring (bicyclic) bond motifs is 1. The van der Waals surface area contributed by atoms with E-state index in [2.05, 4.69) is 22.4 Å². The van der Waals surface area contributed by atoms with E-state index in [-0.39, 0.29) is 0 Å². The molecular formula is C33H34N2O5S. The van der Waals surface area contributed by atoms with E-state index in [0.717, 1.165) is 35.0 Å². The number of aliphatic hydroxyl groups is 1. The molecule has 0 radical (unpaired) electrons. The number of nitrogens with zero attached hydrogens (tertiary/aromatic N) is 2. The second kappa shape index (κ2) is 13.6. The Morgan fingerprint density at radius 3 is 2.12 bits per heavy atom. The van der Waals surface area contributed by atoms with Crippen molar-refractivity contribution in [2.45, 2.75) is 31.3 Å². The van der Waals surface area contributed by atoms with Gasteiger partial charge in [-0.3, -0.25) is 4.99 Å². The predicted molar refractivity (Wildman–Crippen MR) is 162 cm³/mol. The Bertz CT molecular complexity index is 1400. The molecule has 0 amide bonds. The number of piperidine rings is 1. The highest BCUT2D eigenvalue weighted by Crippen LogP contribution is 2.38. The Kier molecular flexibility index (Phi) is 9.46. The molecule has 4 aromatic rings. The van der Waals surface area contributed by atoms with E-state index in [1.807, 2.05) is 18.3 Å². The van der Waals surface area contributed by atoms with Crippen molar-refractivity contribution < 1.29 is 24.5 Å². The summed E-state index contributed by atoms with van der Waals surface area (Å²) < 4.78 is 11.1. The standard InChI is InChI=1S/C19H22N2O2S.C14H12O3/c1-2-7-21(8-3-1)9-6-15-11-18-19(23-14-22-18)12-17(15)20-13-16-5-4-10-24-16;15-13(16)14(17,11-7-3-1-4-8-11)12-9-5-2-6-10-12/h4-5,10-13H,1-3,6-9,14H2;1-10,17H,(H,15,16). The van der Waals surface area contributed by atoms with Crippen molar-refractivity contribution in [2.24, 2.45) is 4.99 Å². The van der Waals surface area contributed by atoms with Gasteiger partial charge in [0.05, 0.1) is 5.69 Å². The normalized spacial score (nSPS) is 15.0.